The number of furan rings is 1. The van der Waals surface area contributed by atoms with Gasteiger partial charge in [-0.2, -0.15) is 10.1 Å². The summed E-state index contributed by atoms with van der Waals surface area (Å²) in [6.45, 7) is 0. The van der Waals surface area contributed by atoms with Crippen LogP contribution < -0.4 is 5.01 Å². The average molecular weight is 434 g/mol. The first kappa shape index (κ1) is 20.2. The molecular formula is C27H18N2O4. The van der Waals surface area contributed by atoms with Crippen LogP contribution in [0.4, 0.5) is 5.69 Å². The molecule has 0 atom stereocenters. The molecule has 3 aromatic carbocycles. The smallest absolute Gasteiger partial charge is 0.335 e. The van der Waals surface area contributed by atoms with E-state index in [9.17, 15) is 9.59 Å². The Hall–Kier alpha value is -4.71. The number of hydrazone groups is 1. The van der Waals surface area contributed by atoms with Crippen LogP contribution in [0.15, 0.2) is 112 Å². The summed E-state index contributed by atoms with van der Waals surface area (Å²) in [5.74, 6) is -0.165. The molecule has 1 aliphatic rings. The van der Waals surface area contributed by atoms with Gasteiger partial charge in [0, 0.05) is 11.1 Å². The molecule has 0 saturated heterocycles. The molecule has 33 heavy (non-hydrogen) atoms. The lowest BCUT2D eigenvalue weighted by Gasteiger charge is -2.10. The van der Waals surface area contributed by atoms with Crippen molar-refractivity contribution in [2.24, 2.45) is 5.10 Å². The van der Waals surface area contributed by atoms with Crippen molar-refractivity contribution in [3.8, 4) is 11.3 Å². The minimum Gasteiger partial charge on any atom is -0.478 e. The summed E-state index contributed by atoms with van der Waals surface area (Å²) in [6.07, 6.45) is 1.69. The second kappa shape index (κ2) is 8.43. The van der Waals surface area contributed by atoms with Gasteiger partial charge in [-0.05, 0) is 42.5 Å². The van der Waals surface area contributed by atoms with Crippen LogP contribution in [0.3, 0.4) is 0 Å². The highest BCUT2D eigenvalue weighted by atomic mass is 16.4. The number of carbonyl (C=O) groups is 2. The Morgan fingerprint density at radius 3 is 2.15 bits per heavy atom. The maximum atomic E-state index is 13.3. The third-order valence-corrected chi connectivity index (χ3v) is 5.26. The molecule has 160 valence electrons. The monoisotopic (exact) mass is 434 g/mol. The largest absolute Gasteiger partial charge is 0.478 e. The zero-order chi connectivity index (χ0) is 22.8. The van der Waals surface area contributed by atoms with Gasteiger partial charge in [0.1, 0.15) is 17.2 Å². The zero-order valence-corrected chi connectivity index (χ0v) is 17.4. The second-order valence-electron chi connectivity index (χ2n) is 7.41. The highest BCUT2D eigenvalue weighted by Crippen LogP contribution is 2.29. The van der Waals surface area contributed by atoms with Crippen molar-refractivity contribution < 1.29 is 19.1 Å². The van der Waals surface area contributed by atoms with Crippen LogP contribution in [0.2, 0.25) is 0 Å². The van der Waals surface area contributed by atoms with Crippen LogP contribution >= 0.6 is 0 Å². The van der Waals surface area contributed by atoms with Crippen LogP contribution in [0, 0.1) is 0 Å². The van der Waals surface area contributed by atoms with E-state index in [4.69, 9.17) is 9.52 Å². The SMILES string of the molecule is O=C(O)c1ccc(-c2ccc(C=C3C(=O)N(c4ccccc4)N=C3c3ccccc3)o2)cc1. The summed E-state index contributed by atoms with van der Waals surface area (Å²) in [4.78, 5) is 24.4. The fourth-order valence-electron chi connectivity index (χ4n) is 3.60. The van der Waals surface area contributed by atoms with Crippen molar-refractivity contribution >= 4 is 29.4 Å². The van der Waals surface area contributed by atoms with Gasteiger partial charge in [-0.3, -0.25) is 4.79 Å². The van der Waals surface area contributed by atoms with Crippen molar-refractivity contribution in [3.63, 3.8) is 0 Å². The molecule has 0 saturated carbocycles. The molecule has 1 aromatic heterocycles. The molecule has 0 aliphatic carbocycles. The topological polar surface area (TPSA) is 83.1 Å². The van der Waals surface area contributed by atoms with E-state index < -0.39 is 5.97 Å². The molecule has 1 aliphatic heterocycles. The van der Waals surface area contributed by atoms with Gasteiger partial charge in [0.15, 0.2) is 0 Å². The van der Waals surface area contributed by atoms with E-state index in [0.717, 1.165) is 11.1 Å². The lowest BCUT2D eigenvalue weighted by molar-refractivity contribution is -0.114. The van der Waals surface area contributed by atoms with E-state index in [1.165, 1.54) is 17.1 Å². The highest BCUT2D eigenvalue weighted by Gasteiger charge is 2.32. The van der Waals surface area contributed by atoms with Crippen LogP contribution in [-0.4, -0.2) is 22.7 Å². The third kappa shape index (κ3) is 3.97. The molecule has 2 heterocycles. The Morgan fingerprint density at radius 1 is 0.818 bits per heavy atom. The van der Waals surface area contributed by atoms with E-state index >= 15 is 0 Å². The molecule has 0 fully saturated rings. The molecule has 6 nitrogen and oxygen atoms in total. The van der Waals surface area contributed by atoms with Crippen molar-refractivity contribution in [1.29, 1.82) is 0 Å². The Balaban J connectivity index is 1.52. The summed E-state index contributed by atoms with van der Waals surface area (Å²) in [5.41, 5.74) is 3.43. The quantitative estimate of drug-likeness (QED) is 0.422. The number of carboxylic acids is 1. The third-order valence-electron chi connectivity index (χ3n) is 5.26. The molecule has 4 aromatic rings. The summed E-state index contributed by atoms with van der Waals surface area (Å²) < 4.78 is 5.96. The number of anilines is 1. The minimum atomic E-state index is -0.984. The number of carbonyl (C=O) groups excluding carboxylic acids is 1. The number of para-hydroxylation sites is 1. The van der Waals surface area contributed by atoms with Crippen LogP contribution in [-0.2, 0) is 4.79 Å². The number of hydrogen-bond donors (Lipinski definition) is 1. The number of amides is 1. The molecule has 1 amide bonds. The number of carboxylic acid groups (broad SMARTS) is 1. The van der Waals surface area contributed by atoms with Gasteiger partial charge in [0.05, 0.1) is 16.8 Å². The fourth-order valence-corrected chi connectivity index (χ4v) is 3.60. The van der Waals surface area contributed by atoms with Gasteiger partial charge >= 0.3 is 5.97 Å². The van der Waals surface area contributed by atoms with Gasteiger partial charge in [-0.15, -0.1) is 0 Å². The van der Waals surface area contributed by atoms with E-state index in [2.05, 4.69) is 5.10 Å². The fraction of sp³-hybridized carbons (Fsp3) is 0. The predicted octanol–water partition coefficient (Wildman–Crippen LogP) is 5.48. The van der Waals surface area contributed by atoms with Gasteiger partial charge in [-0.1, -0.05) is 60.7 Å². The van der Waals surface area contributed by atoms with Crippen LogP contribution in [0.1, 0.15) is 21.7 Å². The van der Waals surface area contributed by atoms with Gasteiger partial charge < -0.3 is 9.52 Å². The van der Waals surface area contributed by atoms with Crippen molar-refractivity contribution in [1.82, 2.24) is 0 Å². The maximum absolute atomic E-state index is 13.3. The number of aromatic carboxylic acids is 1. The van der Waals surface area contributed by atoms with Crippen molar-refractivity contribution in [3.05, 3.63) is 120 Å². The van der Waals surface area contributed by atoms with Gasteiger partial charge in [-0.25, -0.2) is 4.79 Å². The molecular weight excluding hydrogens is 416 g/mol. The van der Waals surface area contributed by atoms with Crippen LogP contribution in [0.25, 0.3) is 17.4 Å². The first-order valence-electron chi connectivity index (χ1n) is 10.3. The Morgan fingerprint density at radius 2 is 1.48 bits per heavy atom. The van der Waals surface area contributed by atoms with Crippen LogP contribution in [0.5, 0.6) is 0 Å². The van der Waals surface area contributed by atoms with Crippen molar-refractivity contribution in [2.45, 2.75) is 0 Å². The number of benzene rings is 3. The maximum Gasteiger partial charge on any atom is 0.335 e. The van der Waals surface area contributed by atoms with E-state index in [-0.39, 0.29) is 11.5 Å². The Labute approximate surface area is 189 Å². The Bertz CT molecular complexity index is 1390. The number of hydrogen-bond acceptors (Lipinski definition) is 4. The van der Waals surface area contributed by atoms with E-state index in [1.54, 1.807) is 30.3 Å². The average Bonchev–Trinajstić information content (AvgIpc) is 3.45. The summed E-state index contributed by atoms with van der Waals surface area (Å²) >= 11 is 0. The molecule has 0 radical (unpaired) electrons. The van der Waals surface area contributed by atoms with Gasteiger partial charge in [0.2, 0.25) is 0 Å². The molecule has 0 unspecified atom stereocenters. The van der Waals surface area contributed by atoms with Gasteiger partial charge in [0.25, 0.3) is 5.91 Å². The number of nitrogens with zero attached hydrogens (tertiary/aromatic N) is 2. The van der Waals surface area contributed by atoms with E-state index in [1.807, 2.05) is 60.7 Å². The summed E-state index contributed by atoms with van der Waals surface area (Å²) in [6, 6.07) is 28.8. The molecule has 1 N–H and O–H groups in total. The molecule has 0 spiro atoms. The zero-order valence-electron chi connectivity index (χ0n) is 17.4. The summed E-state index contributed by atoms with van der Waals surface area (Å²) in [7, 11) is 0. The normalized spacial score (nSPS) is 14.5. The second-order valence-corrected chi connectivity index (χ2v) is 7.41. The van der Waals surface area contributed by atoms with E-state index in [0.29, 0.717) is 28.5 Å². The molecule has 0 bridgehead atoms. The minimum absolute atomic E-state index is 0.203. The lowest BCUT2D eigenvalue weighted by atomic mass is 10.0. The first-order valence-corrected chi connectivity index (χ1v) is 10.3. The molecule has 6 heteroatoms. The first-order chi connectivity index (χ1) is 16.1. The number of rotatable bonds is 5. The standard InChI is InChI=1S/C27H18N2O4/c30-26-23(17-22-15-16-24(33-22)18-11-13-20(14-12-18)27(31)32)25(19-7-3-1-4-8-19)28-29(26)21-9-5-2-6-10-21/h1-17H,(H,31,32). The lowest BCUT2D eigenvalue weighted by Crippen LogP contribution is -2.21. The molecule has 5 rings (SSSR count). The highest BCUT2D eigenvalue weighted by molar-refractivity contribution is 6.37. The predicted molar refractivity (Wildman–Crippen MR) is 126 cm³/mol. The van der Waals surface area contributed by atoms with Crippen molar-refractivity contribution in [2.75, 3.05) is 5.01 Å². The summed E-state index contributed by atoms with van der Waals surface area (Å²) in [5, 5.41) is 15.1. The Kier molecular flexibility index (Phi) is 5.16.